The molecule has 0 aliphatic heterocycles. The zero-order valence-corrected chi connectivity index (χ0v) is 8.86. The number of aliphatic hydroxyl groups is 2. The highest BCUT2D eigenvalue weighted by Crippen LogP contribution is 2.36. The Labute approximate surface area is 86.3 Å². The van der Waals surface area contributed by atoms with Gasteiger partial charge in [0.25, 0.3) is 0 Å². The molecule has 0 saturated heterocycles. The third-order valence-electron chi connectivity index (χ3n) is 3.80. The van der Waals surface area contributed by atoms with E-state index in [4.69, 9.17) is 0 Å². The lowest BCUT2D eigenvalue weighted by Crippen LogP contribution is -2.30. The molecule has 0 radical (unpaired) electrons. The second-order valence-electron chi connectivity index (χ2n) is 5.14. The Morgan fingerprint density at radius 1 is 0.929 bits per heavy atom. The first-order valence-corrected chi connectivity index (χ1v) is 6.13. The van der Waals surface area contributed by atoms with E-state index in [1.807, 2.05) is 0 Å². The Morgan fingerprint density at radius 2 is 1.57 bits per heavy atom. The van der Waals surface area contributed by atoms with Crippen molar-refractivity contribution < 1.29 is 10.2 Å². The van der Waals surface area contributed by atoms with Crippen molar-refractivity contribution in [2.45, 2.75) is 63.6 Å². The van der Waals surface area contributed by atoms with Gasteiger partial charge in [0.1, 0.15) is 0 Å². The molecule has 0 bridgehead atoms. The number of aliphatic hydroxyl groups excluding tert-OH is 2. The molecule has 2 fully saturated rings. The summed E-state index contributed by atoms with van der Waals surface area (Å²) >= 11 is 0. The van der Waals surface area contributed by atoms with Crippen molar-refractivity contribution in [1.82, 2.24) is 0 Å². The van der Waals surface area contributed by atoms with Gasteiger partial charge in [-0.3, -0.25) is 0 Å². The van der Waals surface area contributed by atoms with E-state index in [0.717, 1.165) is 19.3 Å². The van der Waals surface area contributed by atoms with Gasteiger partial charge in [0.15, 0.2) is 0 Å². The Balaban J connectivity index is 1.71. The predicted octanol–water partition coefficient (Wildman–Crippen LogP) is 2.09. The van der Waals surface area contributed by atoms with E-state index in [2.05, 4.69) is 0 Å². The third-order valence-corrected chi connectivity index (χ3v) is 3.80. The van der Waals surface area contributed by atoms with Crippen LogP contribution in [-0.2, 0) is 0 Å². The van der Waals surface area contributed by atoms with Crippen LogP contribution in [0.1, 0.15) is 51.4 Å². The van der Waals surface area contributed by atoms with E-state index in [-0.39, 0.29) is 0 Å². The smallest absolute Gasteiger partial charge is 0.0827 e. The molecule has 2 atom stereocenters. The van der Waals surface area contributed by atoms with Crippen molar-refractivity contribution in [1.29, 1.82) is 0 Å². The molecule has 2 heteroatoms. The number of rotatable bonds is 4. The van der Waals surface area contributed by atoms with E-state index >= 15 is 0 Å². The van der Waals surface area contributed by atoms with Gasteiger partial charge in [-0.15, -0.1) is 0 Å². The first-order chi connectivity index (χ1) is 6.77. The fourth-order valence-electron chi connectivity index (χ4n) is 2.66. The summed E-state index contributed by atoms with van der Waals surface area (Å²) in [5.41, 5.74) is 0. The van der Waals surface area contributed by atoms with Crippen LogP contribution < -0.4 is 0 Å². The van der Waals surface area contributed by atoms with Crippen LogP contribution in [0.2, 0.25) is 0 Å². The topological polar surface area (TPSA) is 40.5 Å². The van der Waals surface area contributed by atoms with Gasteiger partial charge in [0, 0.05) is 0 Å². The summed E-state index contributed by atoms with van der Waals surface area (Å²) in [5, 5.41) is 19.6. The summed E-state index contributed by atoms with van der Waals surface area (Å²) < 4.78 is 0. The average Bonchev–Trinajstić information content (AvgIpc) is 3.01. The van der Waals surface area contributed by atoms with Gasteiger partial charge in [-0.05, 0) is 31.1 Å². The highest BCUT2D eigenvalue weighted by molar-refractivity contribution is 4.86. The van der Waals surface area contributed by atoms with Crippen molar-refractivity contribution in [3.8, 4) is 0 Å². The van der Waals surface area contributed by atoms with Crippen LogP contribution in [0.4, 0.5) is 0 Å². The van der Waals surface area contributed by atoms with E-state index in [1.54, 1.807) is 0 Å². The maximum absolute atomic E-state index is 9.83. The summed E-state index contributed by atoms with van der Waals surface area (Å²) in [4.78, 5) is 0. The zero-order valence-electron chi connectivity index (χ0n) is 8.86. The minimum Gasteiger partial charge on any atom is -0.390 e. The maximum atomic E-state index is 9.83. The normalized spacial score (nSPS) is 28.7. The summed E-state index contributed by atoms with van der Waals surface area (Å²) in [7, 11) is 0. The molecule has 82 valence electrons. The molecule has 2 unspecified atom stereocenters. The van der Waals surface area contributed by atoms with Gasteiger partial charge in [0.05, 0.1) is 12.2 Å². The predicted molar refractivity (Wildman–Crippen MR) is 55.9 cm³/mol. The van der Waals surface area contributed by atoms with Gasteiger partial charge in [0.2, 0.25) is 0 Å². The van der Waals surface area contributed by atoms with Crippen LogP contribution in [0.3, 0.4) is 0 Å². The second kappa shape index (κ2) is 4.63. The first-order valence-electron chi connectivity index (χ1n) is 6.13. The van der Waals surface area contributed by atoms with Crippen molar-refractivity contribution >= 4 is 0 Å². The molecule has 2 nitrogen and oxygen atoms in total. The quantitative estimate of drug-likeness (QED) is 0.726. The summed E-state index contributed by atoms with van der Waals surface area (Å²) in [6, 6.07) is 0. The van der Waals surface area contributed by atoms with Crippen LogP contribution in [-0.4, -0.2) is 22.4 Å². The molecule has 0 aromatic rings. The highest BCUT2D eigenvalue weighted by atomic mass is 16.3. The summed E-state index contributed by atoms with van der Waals surface area (Å²) in [5.74, 6) is 1.08. The van der Waals surface area contributed by atoms with Crippen molar-refractivity contribution in [3.05, 3.63) is 0 Å². The SMILES string of the molecule is OC(CC1CCCCC1)C(O)C1CC1. The molecule has 2 aliphatic carbocycles. The lowest BCUT2D eigenvalue weighted by molar-refractivity contribution is -0.0102. The molecular formula is C12H22O2. The standard InChI is InChI=1S/C12H22O2/c13-11(12(14)10-6-7-10)8-9-4-2-1-3-5-9/h9-14H,1-8H2. The van der Waals surface area contributed by atoms with Crippen molar-refractivity contribution in [3.63, 3.8) is 0 Å². The van der Waals surface area contributed by atoms with Crippen molar-refractivity contribution in [2.24, 2.45) is 11.8 Å². The van der Waals surface area contributed by atoms with Gasteiger partial charge in [-0.25, -0.2) is 0 Å². The van der Waals surface area contributed by atoms with Gasteiger partial charge < -0.3 is 10.2 Å². The third kappa shape index (κ3) is 2.71. The second-order valence-corrected chi connectivity index (χ2v) is 5.14. The van der Waals surface area contributed by atoms with Crippen LogP contribution in [0.5, 0.6) is 0 Å². The Bertz CT molecular complexity index is 171. The molecule has 0 spiro atoms. The molecule has 2 aliphatic rings. The molecular weight excluding hydrogens is 176 g/mol. The lowest BCUT2D eigenvalue weighted by Gasteiger charge is -2.26. The number of hydrogen-bond donors (Lipinski definition) is 2. The van der Waals surface area contributed by atoms with E-state index in [0.29, 0.717) is 11.8 Å². The van der Waals surface area contributed by atoms with Crippen LogP contribution in [0, 0.1) is 11.8 Å². The van der Waals surface area contributed by atoms with Gasteiger partial charge in [-0.2, -0.15) is 0 Å². The van der Waals surface area contributed by atoms with E-state index in [1.165, 1.54) is 32.1 Å². The van der Waals surface area contributed by atoms with Crippen molar-refractivity contribution in [2.75, 3.05) is 0 Å². The minimum atomic E-state index is -0.453. The number of hydrogen-bond acceptors (Lipinski definition) is 2. The minimum absolute atomic E-state index is 0.411. The molecule has 2 N–H and O–H groups in total. The summed E-state index contributed by atoms with van der Waals surface area (Å²) in [6.07, 6.45) is 8.68. The zero-order chi connectivity index (χ0) is 9.97. The first kappa shape index (κ1) is 10.4. The van der Waals surface area contributed by atoms with E-state index < -0.39 is 12.2 Å². The van der Waals surface area contributed by atoms with E-state index in [9.17, 15) is 10.2 Å². The Hall–Kier alpha value is -0.0800. The fourth-order valence-corrected chi connectivity index (χ4v) is 2.66. The molecule has 0 heterocycles. The highest BCUT2D eigenvalue weighted by Gasteiger charge is 2.35. The Morgan fingerprint density at radius 3 is 2.14 bits per heavy atom. The van der Waals surface area contributed by atoms with Gasteiger partial charge in [-0.1, -0.05) is 32.1 Å². The maximum Gasteiger partial charge on any atom is 0.0827 e. The molecule has 14 heavy (non-hydrogen) atoms. The lowest BCUT2D eigenvalue weighted by atomic mass is 9.84. The molecule has 2 rings (SSSR count). The fraction of sp³-hybridized carbons (Fsp3) is 1.00. The average molecular weight is 198 g/mol. The Kier molecular flexibility index (Phi) is 3.45. The summed E-state index contributed by atoms with van der Waals surface area (Å²) in [6.45, 7) is 0. The van der Waals surface area contributed by atoms with Gasteiger partial charge >= 0.3 is 0 Å². The molecule has 0 aromatic heterocycles. The van der Waals surface area contributed by atoms with Crippen LogP contribution in [0.15, 0.2) is 0 Å². The monoisotopic (exact) mass is 198 g/mol. The largest absolute Gasteiger partial charge is 0.390 e. The molecule has 0 aromatic carbocycles. The van der Waals surface area contributed by atoms with Crippen LogP contribution >= 0.6 is 0 Å². The molecule has 0 amide bonds. The van der Waals surface area contributed by atoms with Crippen LogP contribution in [0.25, 0.3) is 0 Å². The molecule has 2 saturated carbocycles.